The number of piperazine rings is 1. The molecular formula is C18H26N4O4S. The molecule has 2 aliphatic rings. The first-order chi connectivity index (χ1) is 12.7. The molecule has 0 saturated carbocycles. The number of carbonyl (C=O) groups excluding carboxylic acids is 2. The summed E-state index contributed by atoms with van der Waals surface area (Å²) < 4.78 is 27.1. The lowest BCUT2D eigenvalue weighted by atomic mass is 10.1. The first-order valence-corrected chi connectivity index (χ1v) is 10.5. The molecule has 1 aromatic rings. The van der Waals surface area contributed by atoms with Crippen LogP contribution < -0.4 is 5.43 Å². The van der Waals surface area contributed by atoms with Crippen molar-refractivity contribution in [1.82, 2.24) is 19.6 Å². The average molecular weight is 394 g/mol. The van der Waals surface area contributed by atoms with Crippen LogP contribution in [-0.2, 0) is 19.6 Å². The van der Waals surface area contributed by atoms with Gasteiger partial charge in [0.1, 0.15) is 0 Å². The maximum atomic E-state index is 12.9. The van der Waals surface area contributed by atoms with Gasteiger partial charge in [0.15, 0.2) is 0 Å². The number of amides is 2. The molecule has 1 aromatic carbocycles. The quantitative estimate of drug-likeness (QED) is 0.791. The fourth-order valence-electron chi connectivity index (χ4n) is 3.34. The van der Waals surface area contributed by atoms with Crippen LogP contribution >= 0.6 is 0 Å². The molecule has 1 atom stereocenters. The molecule has 2 aliphatic heterocycles. The highest BCUT2D eigenvalue weighted by molar-refractivity contribution is 7.89. The Morgan fingerprint density at radius 1 is 1.15 bits per heavy atom. The van der Waals surface area contributed by atoms with Gasteiger partial charge in [0, 0.05) is 38.6 Å². The molecule has 148 valence electrons. The topological polar surface area (TPSA) is 90.0 Å². The molecule has 0 aliphatic carbocycles. The van der Waals surface area contributed by atoms with E-state index in [1.165, 1.54) is 4.31 Å². The van der Waals surface area contributed by atoms with Crippen LogP contribution in [0.4, 0.5) is 0 Å². The molecular weight excluding hydrogens is 368 g/mol. The third-order valence-electron chi connectivity index (χ3n) is 5.29. The molecule has 2 amide bonds. The summed E-state index contributed by atoms with van der Waals surface area (Å²) in [6, 6.07) is 5.12. The Labute approximate surface area is 160 Å². The number of nitrogens with one attached hydrogen (secondary N) is 1. The van der Waals surface area contributed by atoms with Gasteiger partial charge in [-0.1, -0.05) is 6.07 Å². The van der Waals surface area contributed by atoms with Crippen LogP contribution in [0, 0.1) is 13.8 Å². The van der Waals surface area contributed by atoms with Gasteiger partial charge in [-0.15, -0.1) is 0 Å². The van der Waals surface area contributed by atoms with Crippen LogP contribution in [0.15, 0.2) is 23.1 Å². The molecule has 2 fully saturated rings. The van der Waals surface area contributed by atoms with E-state index in [1.54, 1.807) is 22.0 Å². The van der Waals surface area contributed by atoms with Gasteiger partial charge in [-0.2, -0.15) is 4.31 Å². The van der Waals surface area contributed by atoms with E-state index in [2.05, 4.69) is 5.43 Å². The molecule has 8 nitrogen and oxygen atoms in total. The molecule has 0 spiro atoms. The van der Waals surface area contributed by atoms with Crippen molar-refractivity contribution >= 4 is 21.8 Å². The van der Waals surface area contributed by atoms with Gasteiger partial charge in [-0.25, -0.2) is 13.4 Å². The molecule has 27 heavy (non-hydrogen) atoms. The molecule has 1 N–H and O–H groups in total. The van der Waals surface area contributed by atoms with Crippen LogP contribution in [0.2, 0.25) is 0 Å². The second-order valence-corrected chi connectivity index (χ2v) is 9.18. The predicted molar refractivity (Wildman–Crippen MR) is 100 cm³/mol. The van der Waals surface area contributed by atoms with Gasteiger partial charge in [-0.05, 0) is 44.0 Å². The summed E-state index contributed by atoms with van der Waals surface area (Å²) >= 11 is 0. The van der Waals surface area contributed by atoms with Crippen molar-refractivity contribution < 1.29 is 18.0 Å². The second kappa shape index (κ2) is 7.57. The highest BCUT2D eigenvalue weighted by atomic mass is 32.2. The van der Waals surface area contributed by atoms with Crippen molar-refractivity contribution in [2.24, 2.45) is 0 Å². The Bertz CT molecular complexity index is 847. The summed E-state index contributed by atoms with van der Waals surface area (Å²) in [4.78, 5) is 25.8. The van der Waals surface area contributed by atoms with Crippen molar-refractivity contribution in [2.45, 2.75) is 38.1 Å². The first kappa shape index (κ1) is 19.8. The number of hydrogen-bond acceptors (Lipinski definition) is 5. The minimum absolute atomic E-state index is 0.0205. The SMILES string of the molecule is Cc1ccc(S(=O)(=O)N2CCN(C(=O)CN3NC(=O)CC3C)CC2)cc1C. The monoisotopic (exact) mass is 394 g/mol. The Kier molecular flexibility index (Phi) is 5.55. The second-order valence-electron chi connectivity index (χ2n) is 7.25. The van der Waals surface area contributed by atoms with Gasteiger partial charge >= 0.3 is 0 Å². The summed E-state index contributed by atoms with van der Waals surface area (Å²) in [5.41, 5.74) is 4.66. The van der Waals surface area contributed by atoms with Crippen molar-refractivity contribution in [3.63, 3.8) is 0 Å². The highest BCUT2D eigenvalue weighted by Gasteiger charge is 2.33. The zero-order chi connectivity index (χ0) is 19.8. The van der Waals surface area contributed by atoms with Crippen molar-refractivity contribution in [1.29, 1.82) is 0 Å². The zero-order valence-corrected chi connectivity index (χ0v) is 16.8. The minimum Gasteiger partial charge on any atom is -0.339 e. The van der Waals surface area contributed by atoms with Crippen molar-refractivity contribution in [3.05, 3.63) is 29.3 Å². The molecule has 0 bridgehead atoms. The number of sulfonamides is 1. The number of aryl methyl sites for hydroxylation is 2. The Hall–Kier alpha value is -1.97. The summed E-state index contributed by atoms with van der Waals surface area (Å²) in [6.45, 7) is 7.06. The van der Waals surface area contributed by atoms with E-state index in [-0.39, 0.29) is 37.5 Å². The van der Waals surface area contributed by atoms with Gasteiger partial charge < -0.3 is 4.90 Å². The number of carbonyl (C=O) groups is 2. The molecule has 3 rings (SSSR count). The Morgan fingerprint density at radius 3 is 2.37 bits per heavy atom. The predicted octanol–water partition coefficient (Wildman–Crippen LogP) is 0.262. The van der Waals surface area contributed by atoms with Gasteiger partial charge in [0.2, 0.25) is 21.8 Å². The lowest BCUT2D eigenvalue weighted by Gasteiger charge is -2.35. The molecule has 0 radical (unpaired) electrons. The Morgan fingerprint density at radius 2 is 1.81 bits per heavy atom. The lowest BCUT2D eigenvalue weighted by molar-refractivity contribution is -0.134. The standard InChI is InChI=1S/C18H26N4O4S/c1-13-4-5-16(10-14(13)2)27(25,26)21-8-6-20(7-9-21)18(24)12-22-15(3)11-17(23)19-22/h4-5,10,15H,6-9,11-12H2,1-3H3,(H,19,23). The van der Waals surface area contributed by atoms with Crippen molar-refractivity contribution in [3.8, 4) is 0 Å². The molecule has 2 heterocycles. The number of benzene rings is 1. The number of nitrogens with zero attached hydrogens (tertiary/aromatic N) is 3. The van der Waals surface area contributed by atoms with Crippen LogP contribution in [0.1, 0.15) is 24.5 Å². The Balaban J connectivity index is 1.60. The van der Waals surface area contributed by atoms with E-state index in [0.29, 0.717) is 24.4 Å². The van der Waals surface area contributed by atoms with Crippen LogP contribution in [-0.4, -0.2) is 73.2 Å². The van der Waals surface area contributed by atoms with Gasteiger partial charge in [-0.3, -0.25) is 15.0 Å². The summed E-state index contributed by atoms with van der Waals surface area (Å²) in [5, 5.41) is 1.64. The molecule has 1 unspecified atom stereocenters. The summed E-state index contributed by atoms with van der Waals surface area (Å²) in [5.74, 6) is -0.188. The highest BCUT2D eigenvalue weighted by Crippen LogP contribution is 2.20. The van der Waals surface area contributed by atoms with E-state index in [1.807, 2.05) is 26.8 Å². The smallest absolute Gasteiger partial charge is 0.243 e. The molecule has 9 heteroatoms. The third kappa shape index (κ3) is 4.15. The maximum Gasteiger partial charge on any atom is 0.243 e. The number of hydrogen-bond donors (Lipinski definition) is 1. The summed E-state index contributed by atoms with van der Waals surface area (Å²) in [7, 11) is -3.56. The van der Waals surface area contributed by atoms with Crippen LogP contribution in [0.3, 0.4) is 0 Å². The van der Waals surface area contributed by atoms with E-state index in [0.717, 1.165) is 11.1 Å². The summed E-state index contributed by atoms with van der Waals surface area (Å²) in [6.07, 6.45) is 0.384. The first-order valence-electron chi connectivity index (χ1n) is 9.10. The van der Waals surface area contributed by atoms with Gasteiger partial charge in [0.05, 0.1) is 11.4 Å². The maximum absolute atomic E-state index is 12.9. The number of rotatable bonds is 4. The molecule has 2 saturated heterocycles. The van der Waals surface area contributed by atoms with E-state index >= 15 is 0 Å². The van der Waals surface area contributed by atoms with E-state index in [9.17, 15) is 18.0 Å². The zero-order valence-electron chi connectivity index (χ0n) is 15.9. The fraction of sp³-hybridized carbons (Fsp3) is 0.556. The number of hydrazine groups is 1. The van der Waals surface area contributed by atoms with Crippen LogP contribution in [0.25, 0.3) is 0 Å². The van der Waals surface area contributed by atoms with E-state index in [4.69, 9.17) is 0 Å². The third-order valence-corrected chi connectivity index (χ3v) is 7.19. The lowest BCUT2D eigenvalue weighted by Crippen LogP contribution is -2.53. The fourth-order valence-corrected chi connectivity index (χ4v) is 4.84. The van der Waals surface area contributed by atoms with Crippen LogP contribution in [0.5, 0.6) is 0 Å². The van der Waals surface area contributed by atoms with E-state index < -0.39 is 10.0 Å². The molecule has 0 aromatic heterocycles. The minimum atomic E-state index is -3.56. The average Bonchev–Trinajstić information content (AvgIpc) is 2.94. The van der Waals surface area contributed by atoms with Gasteiger partial charge in [0.25, 0.3) is 0 Å². The normalized spacial score (nSPS) is 22.1. The van der Waals surface area contributed by atoms with Crippen molar-refractivity contribution in [2.75, 3.05) is 32.7 Å². The largest absolute Gasteiger partial charge is 0.339 e.